The summed E-state index contributed by atoms with van der Waals surface area (Å²) in [5, 5.41) is 4.11. The number of pyridine rings is 1. The maximum atomic E-state index is 11.9. The van der Waals surface area contributed by atoms with Crippen molar-refractivity contribution in [3.05, 3.63) is 60.4 Å². The van der Waals surface area contributed by atoms with E-state index in [2.05, 4.69) is 27.4 Å². The van der Waals surface area contributed by atoms with E-state index in [4.69, 9.17) is 10.5 Å². The van der Waals surface area contributed by atoms with Gasteiger partial charge in [-0.2, -0.15) is 0 Å². The normalized spacial score (nSPS) is 21.1. The number of ether oxygens (including phenoxy) is 1. The molecule has 3 atom stereocenters. The average molecular weight is 409 g/mol. The van der Waals surface area contributed by atoms with Crippen molar-refractivity contribution < 1.29 is 9.53 Å². The van der Waals surface area contributed by atoms with Gasteiger partial charge in [-0.05, 0) is 48.4 Å². The minimum absolute atomic E-state index is 0.126. The van der Waals surface area contributed by atoms with E-state index in [1.165, 1.54) is 12.7 Å². The molecular formula is C22H24N4O2S. The molecule has 1 aromatic carbocycles. The summed E-state index contributed by atoms with van der Waals surface area (Å²) in [6.07, 6.45) is 6.14. The van der Waals surface area contributed by atoms with Gasteiger partial charge in [0.1, 0.15) is 5.82 Å². The Morgan fingerprint density at radius 3 is 2.86 bits per heavy atom. The molecule has 29 heavy (non-hydrogen) atoms. The molecule has 4 rings (SSSR count). The van der Waals surface area contributed by atoms with E-state index in [1.54, 1.807) is 17.5 Å². The predicted molar refractivity (Wildman–Crippen MR) is 115 cm³/mol. The molecule has 1 aliphatic rings. The third kappa shape index (κ3) is 4.63. The van der Waals surface area contributed by atoms with E-state index < -0.39 is 0 Å². The Morgan fingerprint density at radius 1 is 1.24 bits per heavy atom. The van der Waals surface area contributed by atoms with Gasteiger partial charge in [0.25, 0.3) is 0 Å². The summed E-state index contributed by atoms with van der Waals surface area (Å²) in [6, 6.07) is 14.1. The lowest BCUT2D eigenvalue weighted by Crippen LogP contribution is -2.31. The first-order valence-electron chi connectivity index (χ1n) is 9.69. The van der Waals surface area contributed by atoms with Gasteiger partial charge in [-0.15, -0.1) is 0 Å². The first-order chi connectivity index (χ1) is 14.1. The number of nitrogens with two attached hydrogens (primary N) is 1. The first kappa shape index (κ1) is 19.5. The Kier molecular flexibility index (Phi) is 5.87. The van der Waals surface area contributed by atoms with Crippen molar-refractivity contribution >= 4 is 28.3 Å². The van der Waals surface area contributed by atoms with Crippen LogP contribution in [0.2, 0.25) is 0 Å². The fourth-order valence-corrected chi connectivity index (χ4v) is 4.78. The number of benzene rings is 1. The molecule has 7 heteroatoms. The molecule has 1 saturated carbocycles. The van der Waals surface area contributed by atoms with Crippen molar-refractivity contribution in [2.24, 2.45) is 17.6 Å². The van der Waals surface area contributed by atoms with Crippen LogP contribution in [0.5, 0.6) is 0 Å². The number of thiazole rings is 1. The second-order valence-electron chi connectivity index (χ2n) is 7.41. The summed E-state index contributed by atoms with van der Waals surface area (Å²) in [5.41, 5.74) is 8.47. The number of nitrogens with zero attached hydrogens (tertiary/aromatic N) is 2. The number of methoxy groups -OCH3 is 1. The van der Waals surface area contributed by atoms with Crippen LogP contribution < -0.4 is 11.1 Å². The fourth-order valence-electron chi connectivity index (χ4n) is 3.95. The largest absolute Gasteiger partial charge is 0.469 e. The molecule has 1 unspecified atom stereocenters. The van der Waals surface area contributed by atoms with Gasteiger partial charge in [0.05, 0.1) is 17.9 Å². The van der Waals surface area contributed by atoms with Crippen molar-refractivity contribution in [3.63, 3.8) is 0 Å². The molecule has 1 aliphatic carbocycles. The van der Waals surface area contributed by atoms with E-state index in [-0.39, 0.29) is 17.9 Å². The lowest BCUT2D eigenvalue weighted by atomic mass is 9.97. The quantitative estimate of drug-likeness (QED) is 0.599. The van der Waals surface area contributed by atoms with Crippen molar-refractivity contribution in [1.29, 1.82) is 0 Å². The molecule has 0 spiro atoms. The highest BCUT2D eigenvalue weighted by atomic mass is 32.1. The van der Waals surface area contributed by atoms with Gasteiger partial charge in [-0.1, -0.05) is 41.7 Å². The topological polar surface area (TPSA) is 90.1 Å². The number of hydrogen-bond donors (Lipinski definition) is 2. The molecular weight excluding hydrogens is 384 g/mol. The molecule has 6 nitrogen and oxygen atoms in total. The highest BCUT2D eigenvalue weighted by molar-refractivity contribution is 7.18. The summed E-state index contributed by atoms with van der Waals surface area (Å²) >= 11 is 1.60. The SMILES string of the molecule is COC(=O)[C@H]1CC(Cc2ccnc(Nc3ncc(-c4ccccc4)s3)c2)C[C@H]1N. The van der Waals surface area contributed by atoms with E-state index in [9.17, 15) is 4.79 Å². The maximum absolute atomic E-state index is 11.9. The third-order valence-electron chi connectivity index (χ3n) is 5.36. The fraction of sp³-hybridized carbons (Fsp3) is 0.318. The van der Waals surface area contributed by atoms with E-state index >= 15 is 0 Å². The minimum Gasteiger partial charge on any atom is -0.469 e. The van der Waals surface area contributed by atoms with Crippen molar-refractivity contribution in [2.45, 2.75) is 25.3 Å². The monoisotopic (exact) mass is 408 g/mol. The van der Waals surface area contributed by atoms with Crippen LogP contribution in [0.1, 0.15) is 18.4 Å². The Bertz CT molecular complexity index is 976. The molecule has 0 saturated heterocycles. The molecule has 2 aromatic heterocycles. The molecule has 3 aromatic rings. The number of carbonyl (C=O) groups is 1. The lowest BCUT2D eigenvalue weighted by molar-refractivity contribution is -0.145. The van der Waals surface area contributed by atoms with Gasteiger partial charge >= 0.3 is 5.97 Å². The Labute approximate surface area is 174 Å². The second-order valence-corrected chi connectivity index (χ2v) is 8.44. The molecule has 0 bridgehead atoms. The summed E-state index contributed by atoms with van der Waals surface area (Å²) in [6.45, 7) is 0. The zero-order valence-corrected chi connectivity index (χ0v) is 17.1. The van der Waals surface area contributed by atoms with Gasteiger partial charge in [-0.3, -0.25) is 4.79 Å². The smallest absolute Gasteiger partial charge is 0.310 e. The Balaban J connectivity index is 1.41. The molecule has 3 N–H and O–H groups in total. The summed E-state index contributed by atoms with van der Waals surface area (Å²) in [5.74, 6) is 0.739. The average Bonchev–Trinajstić information content (AvgIpc) is 3.35. The lowest BCUT2D eigenvalue weighted by Gasteiger charge is -2.11. The minimum atomic E-state index is -0.199. The third-order valence-corrected chi connectivity index (χ3v) is 6.32. The summed E-state index contributed by atoms with van der Waals surface area (Å²) < 4.78 is 4.88. The van der Waals surface area contributed by atoms with Gasteiger partial charge in [-0.25, -0.2) is 9.97 Å². The van der Waals surface area contributed by atoms with E-state index in [0.29, 0.717) is 5.92 Å². The number of rotatable bonds is 6. The van der Waals surface area contributed by atoms with Crippen molar-refractivity contribution in [1.82, 2.24) is 9.97 Å². The molecule has 150 valence electrons. The second kappa shape index (κ2) is 8.71. The van der Waals surface area contributed by atoms with Crippen LogP contribution in [0.4, 0.5) is 10.9 Å². The van der Waals surface area contributed by atoms with Crippen LogP contribution in [0.25, 0.3) is 10.4 Å². The first-order valence-corrected chi connectivity index (χ1v) is 10.5. The highest BCUT2D eigenvalue weighted by Gasteiger charge is 2.37. The van der Waals surface area contributed by atoms with Gasteiger partial charge in [0, 0.05) is 18.4 Å². The zero-order chi connectivity index (χ0) is 20.2. The van der Waals surface area contributed by atoms with Gasteiger partial charge in [0.15, 0.2) is 5.13 Å². The maximum Gasteiger partial charge on any atom is 0.310 e. The van der Waals surface area contributed by atoms with E-state index in [0.717, 1.165) is 40.7 Å². The number of nitrogens with one attached hydrogen (secondary N) is 1. The van der Waals surface area contributed by atoms with E-state index in [1.807, 2.05) is 36.5 Å². The highest BCUT2D eigenvalue weighted by Crippen LogP contribution is 2.34. The number of anilines is 2. The van der Waals surface area contributed by atoms with Crippen LogP contribution in [0, 0.1) is 11.8 Å². The molecule has 2 heterocycles. The van der Waals surface area contributed by atoms with Crippen molar-refractivity contribution in [2.75, 3.05) is 12.4 Å². The van der Waals surface area contributed by atoms with Crippen molar-refractivity contribution in [3.8, 4) is 10.4 Å². The van der Waals surface area contributed by atoms with Gasteiger partial charge in [0.2, 0.25) is 0 Å². The zero-order valence-electron chi connectivity index (χ0n) is 16.2. The standard InChI is InChI=1S/C22H24N4O2S/c1-28-21(27)17-10-15(11-18(17)23)9-14-7-8-24-20(12-14)26-22-25-13-19(29-22)16-5-3-2-4-6-16/h2-8,12-13,15,17-18H,9-11,23H2,1H3,(H,24,25,26)/t15?,17-,18+/m0/s1. The summed E-state index contributed by atoms with van der Waals surface area (Å²) in [7, 11) is 1.42. The molecule has 1 fully saturated rings. The van der Waals surface area contributed by atoms with Crippen LogP contribution in [-0.2, 0) is 16.0 Å². The number of carbonyl (C=O) groups excluding carboxylic acids is 1. The molecule has 0 radical (unpaired) electrons. The van der Waals surface area contributed by atoms with Crippen LogP contribution in [0.3, 0.4) is 0 Å². The predicted octanol–water partition coefficient (Wildman–Crippen LogP) is 4.02. The Morgan fingerprint density at radius 2 is 2.07 bits per heavy atom. The number of aromatic nitrogens is 2. The Hall–Kier alpha value is -2.77. The number of esters is 1. The van der Waals surface area contributed by atoms with Gasteiger partial charge < -0.3 is 15.8 Å². The molecule has 0 aliphatic heterocycles. The van der Waals surface area contributed by atoms with Crippen LogP contribution in [0.15, 0.2) is 54.9 Å². The summed E-state index contributed by atoms with van der Waals surface area (Å²) in [4.78, 5) is 21.9. The molecule has 0 amide bonds. The van der Waals surface area contributed by atoms with Crippen LogP contribution >= 0.6 is 11.3 Å². The van der Waals surface area contributed by atoms with Crippen LogP contribution in [-0.4, -0.2) is 29.1 Å². The number of hydrogen-bond acceptors (Lipinski definition) is 7.